The van der Waals surface area contributed by atoms with Gasteiger partial charge in [0.25, 0.3) is 0 Å². The molecule has 1 atom stereocenters. The number of nitrogens with zero attached hydrogens (tertiary/aromatic N) is 1. The van der Waals surface area contributed by atoms with Crippen LogP contribution in [0.4, 0.5) is 0 Å². The summed E-state index contributed by atoms with van der Waals surface area (Å²) in [6.45, 7) is 3.37. The zero-order chi connectivity index (χ0) is 12.6. The van der Waals surface area contributed by atoms with Crippen molar-refractivity contribution in [2.75, 3.05) is 5.75 Å². The molecule has 0 aliphatic carbocycles. The maximum absolute atomic E-state index is 11.7. The van der Waals surface area contributed by atoms with Crippen molar-refractivity contribution in [3.63, 3.8) is 0 Å². The van der Waals surface area contributed by atoms with Crippen molar-refractivity contribution in [3.05, 3.63) is 24.1 Å². The van der Waals surface area contributed by atoms with E-state index in [2.05, 4.69) is 4.98 Å². The Hall–Kier alpha value is -1.40. The smallest absolute Gasteiger partial charge is 0.212 e. The van der Waals surface area contributed by atoms with Gasteiger partial charge in [0.15, 0.2) is 15.4 Å². The average Bonchev–Trinajstić information content (AvgIpc) is 2.71. The number of nitrogens with two attached hydrogens (primary N) is 1. The number of sulfone groups is 1. The Labute approximate surface area is 99.6 Å². The minimum Gasteiger partial charge on any atom is -0.439 e. The highest BCUT2D eigenvalue weighted by molar-refractivity contribution is 7.91. The minimum absolute atomic E-state index is 0.0660. The molecule has 1 aromatic heterocycles. The third-order valence-electron chi connectivity index (χ3n) is 2.50. The summed E-state index contributed by atoms with van der Waals surface area (Å²) in [5.41, 5.74) is 6.72. The highest BCUT2D eigenvalue weighted by Gasteiger charge is 2.15. The zero-order valence-electron chi connectivity index (χ0n) is 9.67. The molecule has 0 aliphatic heterocycles. The molecule has 1 heterocycles. The highest BCUT2D eigenvalue weighted by atomic mass is 32.2. The maximum Gasteiger partial charge on any atom is 0.212 e. The maximum atomic E-state index is 11.7. The Morgan fingerprint density at radius 2 is 2.18 bits per heavy atom. The molecule has 17 heavy (non-hydrogen) atoms. The summed E-state index contributed by atoms with van der Waals surface area (Å²) in [6, 6.07) is 4.34. The number of hydrogen-bond acceptors (Lipinski definition) is 5. The van der Waals surface area contributed by atoms with Gasteiger partial charge in [-0.1, -0.05) is 6.92 Å². The summed E-state index contributed by atoms with van der Waals surface area (Å²) in [7, 11) is -3.21. The third kappa shape index (κ3) is 2.18. The molecule has 0 saturated heterocycles. The Morgan fingerprint density at radius 3 is 2.76 bits per heavy atom. The van der Waals surface area contributed by atoms with Crippen molar-refractivity contribution in [3.8, 4) is 0 Å². The van der Waals surface area contributed by atoms with E-state index in [1.165, 1.54) is 12.1 Å². The number of rotatable bonds is 3. The van der Waals surface area contributed by atoms with Crippen LogP contribution in [0.25, 0.3) is 11.1 Å². The van der Waals surface area contributed by atoms with Gasteiger partial charge in [-0.2, -0.15) is 0 Å². The Bertz CT molecular complexity index is 644. The van der Waals surface area contributed by atoms with Crippen molar-refractivity contribution in [2.24, 2.45) is 5.73 Å². The van der Waals surface area contributed by atoms with Gasteiger partial charge in [0.2, 0.25) is 5.89 Å². The van der Waals surface area contributed by atoms with Crippen LogP contribution >= 0.6 is 0 Å². The molecule has 1 unspecified atom stereocenters. The first-order valence-corrected chi connectivity index (χ1v) is 6.98. The van der Waals surface area contributed by atoms with E-state index in [-0.39, 0.29) is 16.7 Å². The topological polar surface area (TPSA) is 86.2 Å². The van der Waals surface area contributed by atoms with E-state index in [1.54, 1.807) is 19.9 Å². The van der Waals surface area contributed by atoms with E-state index in [9.17, 15) is 8.42 Å². The third-order valence-corrected chi connectivity index (χ3v) is 4.24. The van der Waals surface area contributed by atoms with Gasteiger partial charge in [-0.05, 0) is 25.1 Å². The molecule has 0 amide bonds. The van der Waals surface area contributed by atoms with Crippen LogP contribution in [0.3, 0.4) is 0 Å². The first-order chi connectivity index (χ1) is 7.94. The molecule has 0 aliphatic rings. The summed E-state index contributed by atoms with van der Waals surface area (Å²) in [4.78, 5) is 4.43. The van der Waals surface area contributed by atoms with Gasteiger partial charge in [-0.25, -0.2) is 13.4 Å². The first-order valence-electron chi connectivity index (χ1n) is 5.33. The SMILES string of the molecule is CCS(=O)(=O)c1ccc2oc(C(C)N)nc2c1. The van der Waals surface area contributed by atoms with E-state index in [4.69, 9.17) is 10.2 Å². The second-order valence-electron chi connectivity index (χ2n) is 3.87. The quantitative estimate of drug-likeness (QED) is 0.899. The number of hydrogen-bond donors (Lipinski definition) is 1. The summed E-state index contributed by atoms with van der Waals surface area (Å²) >= 11 is 0. The molecule has 2 rings (SSSR count). The van der Waals surface area contributed by atoms with Crippen molar-refractivity contribution in [1.29, 1.82) is 0 Å². The van der Waals surface area contributed by atoms with Crippen LogP contribution in [-0.2, 0) is 9.84 Å². The second kappa shape index (κ2) is 4.12. The molecule has 0 bridgehead atoms. The monoisotopic (exact) mass is 254 g/mol. The molecule has 5 nitrogen and oxygen atoms in total. The largest absolute Gasteiger partial charge is 0.439 e. The molecule has 0 fully saturated rings. The predicted molar refractivity (Wildman–Crippen MR) is 64.3 cm³/mol. The Balaban J connectivity index is 2.58. The number of fused-ring (bicyclic) bond motifs is 1. The van der Waals surface area contributed by atoms with Crippen LogP contribution in [0, 0.1) is 0 Å². The van der Waals surface area contributed by atoms with Crippen molar-refractivity contribution in [1.82, 2.24) is 4.98 Å². The molecular formula is C11H14N2O3S. The Kier molecular flexibility index (Phi) is 2.92. The normalized spacial score (nSPS) is 14.1. The lowest BCUT2D eigenvalue weighted by molar-refractivity contribution is 0.492. The van der Waals surface area contributed by atoms with Gasteiger partial charge >= 0.3 is 0 Å². The molecule has 0 spiro atoms. The van der Waals surface area contributed by atoms with Gasteiger partial charge in [0.1, 0.15) is 5.52 Å². The fourth-order valence-corrected chi connectivity index (χ4v) is 2.38. The van der Waals surface area contributed by atoms with E-state index in [0.717, 1.165) is 0 Å². The van der Waals surface area contributed by atoms with Crippen LogP contribution in [-0.4, -0.2) is 19.2 Å². The lowest BCUT2D eigenvalue weighted by Crippen LogP contribution is -2.04. The first kappa shape index (κ1) is 12.1. The van der Waals surface area contributed by atoms with Crippen LogP contribution in [0.15, 0.2) is 27.5 Å². The van der Waals surface area contributed by atoms with Gasteiger partial charge < -0.3 is 10.2 Å². The standard InChI is InChI=1S/C11H14N2O3S/c1-3-17(14,15)8-4-5-10-9(6-8)13-11(16-10)7(2)12/h4-7H,3,12H2,1-2H3. The van der Waals surface area contributed by atoms with E-state index in [0.29, 0.717) is 17.0 Å². The molecule has 1 aromatic carbocycles. The lowest BCUT2D eigenvalue weighted by atomic mass is 10.3. The summed E-state index contributed by atoms with van der Waals surface area (Å²) in [5.74, 6) is 0.474. The summed E-state index contributed by atoms with van der Waals surface area (Å²) in [6.07, 6.45) is 0. The van der Waals surface area contributed by atoms with Crippen LogP contribution in [0.5, 0.6) is 0 Å². The number of aromatic nitrogens is 1. The van der Waals surface area contributed by atoms with Crippen LogP contribution < -0.4 is 5.73 Å². The zero-order valence-corrected chi connectivity index (χ0v) is 10.5. The fourth-order valence-electron chi connectivity index (χ4n) is 1.48. The Morgan fingerprint density at radius 1 is 1.47 bits per heavy atom. The molecule has 0 saturated carbocycles. The summed E-state index contributed by atoms with van der Waals surface area (Å²) in [5, 5.41) is 0. The fraction of sp³-hybridized carbons (Fsp3) is 0.364. The molecule has 6 heteroatoms. The molecule has 92 valence electrons. The van der Waals surface area contributed by atoms with Crippen molar-refractivity contribution in [2.45, 2.75) is 24.8 Å². The van der Waals surface area contributed by atoms with E-state index < -0.39 is 9.84 Å². The predicted octanol–water partition coefficient (Wildman–Crippen LogP) is 1.64. The van der Waals surface area contributed by atoms with Gasteiger partial charge in [0, 0.05) is 0 Å². The van der Waals surface area contributed by atoms with Crippen molar-refractivity contribution >= 4 is 20.9 Å². The van der Waals surface area contributed by atoms with Crippen LogP contribution in [0.1, 0.15) is 25.8 Å². The van der Waals surface area contributed by atoms with Gasteiger partial charge in [-0.15, -0.1) is 0 Å². The molecule has 2 aromatic rings. The second-order valence-corrected chi connectivity index (χ2v) is 6.15. The summed E-state index contributed by atoms with van der Waals surface area (Å²) < 4.78 is 28.8. The average molecular weight is 254 g/mol. The number of oxazole rings is 1. The minimum atomic E-state index is -3.21. The van der Waals surface area contributed by atoms with E-state index in [1.807, 2.05) is 0 Å². The molecule has 0 radical (unpaired) electrons. The van der Waals surface area contributed by atoms with Crippen molar-refractivity contribution < 1.29 is 12.8 Å². The van der Waals surface area contributed by atoms with Crippen LogP contribution in [0.2, 0.25) is 0 Å². The van der Waals surface area contributed by atoms with Gasteiger partial charge in [-0.3, -0.25) is 0 Å². The molecule has 2 N–H and O–H groups in total. The molecular weight excluding hydrogens is 240 g/mol. The van der Waals surface area contributed by atoms with E-state index >= 15 is 0 Å². The highest BCUT2D eigenvalue weighted by Crippen LogP contribution is 2.22. The number of benzene rings is 1. The lowest BCUT2D eigenvalue weighted by Gasteiger charge is -1.99. The van der Waals surface area contributed by atoms with Gasteiger partial charge in [0.05, 0.1) is 16.7 Å².